The molecule has 8 nitrogen and oxygen atoms in total. The second-order valence-electron chi connectivity index (χ2n) is 7.65. The van der Waals surface area contributed by atoms with Crippen molar-refractivity contribution < 1.29 is 28.9 Å². The van der Waals surface area contributed by atoms with Crippen LogP contribution in [0.1, 0.15) is 62.2 Å². The summed E-state index contributed by atoms with van der Waals surface area (Å²) in [5, 5.41) is 13.1. The molecule has 0 bridgehead atoms. The van der Waals surface area contributed by atoms with Crippen molar-refractivity contribution in [1.82, 2.24) is 4.90 Å². The van der Waals surface area contributed by atoms with Crippen LogP contribution in [0.2, 0.25) is 0 Å². The molecule has 166 valence electrons. The molecule has 1 aromatic rings. The van der Waals surface area contributed by atoms with Crippen molar-refractivity contribution in [3.8, 4) is 11.5 Å². The quantitative estimate of drug-likeness (QED) is 0.444. The fourth-order valence-corrected chi connectivity index (χ4v) is 4.12. The second-order valence-corrected chi connectivity index (χ2v) is 7.65. The van der Waals surface area contributed by atoms with Crippen LogP contribution in [-0.4, -0.2) is 61.0 Å². The number of esters is 1. The Morgan fingerprint density at radius 1 is 1.23 bits per heavy atom. The zero-order valence-corrected chi connectivity index (χ0v) is 17.8. The van der Waals surface area contributed by atoms with Crippen molar-refractivity contribution in [2.75, 3.05) is 32.2 Å². The molecule has 2 aliphatic heterocycles. The summed E-state index contributed by atoms with van der Waals surface area (Å²) in [7, 11) is 1.55. The Morgan fingerprint density at radius 2 is 2.07 bits per heavy atom. The van der Waals surface area contributed by atoms with Crippen molar-refractivity contribution >= 4 is 17.6 Å². The molecule has 0 saturated carbocycles. The molecule has 2 unspecified atom stereocenters. The molecule has 1 saturated heterocycles. The lowest BCUT2D eigenvalue weighted by molar-refractivity contribution is -0.143. The van der Waals surface area contributed by atoms with Crippen LogP contribution in [0.25, 0.3) is 0 Å². The summed E-state index contributed by atoms with van der Waals surface area (Å²) in [5.41, 5.74) is 1.27. The van der Waals surface area contributed by atoms with Crippen LogP contribution in [-0.2, 0) is 9.53 Å². The third-order valence-corrected chi connectivity index (χ3v) is 5.63. The number of benzene rings is 1. The molecule has 30 heavy (non-hydrogen) atoms. The lowest BCUT2D eigenvalue weighted by Crippen LogP contribution is -2.57. The smallest absolute Gasteiger partial charge is 0.305 e. The van der Waals surface area contributed by atoms with Crippen molar-refractivity contribution in [1.29, 1.82) is 0 Å². The van der Waals surface area contributed by atoms with Crippen LogP contribution in [0, 0.1) is 0 Å². The highest BCUT2D eigenvalue weighted by Gasteiger charge is 2.39. The lowest BCUT2D eigenvalue weighted by atomic mass is 9.95. The number of nitrogens with zero attached hydrogens (tertiary/aromatic N) is 1. The van der Waals surface area contributed by atoms with E-state index in [2.05, 4.69) is 5.32 Å². The van der Waals surface area contributed by atoms with Crippen molar-refractivity contribution in [3.05, 3.63) is 17.7 Å². The van der Waals surface area contributed by atoms with Crippen LogP contribution < -0.4 is 14.8 Å². The molecule has 1 amide bonds. The van der Waals surface area contributed by atoms with Gasteiger partial charge in [0, 0.05) is 12.5 Å². The Bertz CT molecular complexity index is 753. The van der Waals surface area contributed by atoms with Crippen LogP contribution in [0.5, 0.6) is 11.5 Å². The number of methoxy groups -OCH3 is 1. The van der Waals surface area contributed by atoms with Gasteiger partial charge in [-0.3, -0.25) is 9.59 Å². The minimum absolute atomic E-state index is 0.0340. The van der Waals surface area contributed by atoms with E-state index in [1.54, 1.807) is 25.0 Å². The van der Waals surface area contributed by atoms with Crippen LogP contribution in [0.4, 0.5) is 5.69 Å². The molecule has 2 aliphatic rings. The predicted octanol–water partition coefficient (Wildman–Crippen LogP) is 2.94. The first-order valence-corrected chi connectivity index (χ1v) is 10.8. The van der Waals surface area contributed by atoms with Crippen molar-refractivity contribution in [2.45, 2.75) is 64.1 Å². The van der Waals surface area contributed by atoms with Gasteiger partial charge in [-0.25, -0.2) is 0 Å². The number of nitrogens with one attached hydrogen (secondary N) is 1. The fraction of sp³-hybridized carbons (Fsp3) is 0.636. The number of hydrogen-bond donors (Lipinski definition) is 2. The minimum Gasteiger partial charge on any atom is -0.493 e. The molecule has 2 atom stereocenters. The Balaban J connectivity index is 1.61. The number of carbonyl (C=O) groups is 2. The topological polar surface area (TPSA) is 97.3 Å². The third-order valence-electron chi connectivity index (χ3n) is 5.63. The molecule has 2 N–H and O–H groups in total. The highest BCUT2D eigenvalue weighted by Crippen LogP contribution is 2.39. The number of ether oxygens (including phenoxy) is 3. The van der Waals surface area contributed by atoms with E-state index in [1.165, 1.54) is 0 Å². The summed E-state index contributed by atoms with van der Waals surface area (Å²) in [4.78, 5) is 26.2. The highest BCUT2D eigenvalue weighted by molar-refractivity contribution is 6.02. The maximum Gasteiger partial charge on any atom is 0.305 e. The number of anilines is 1. The summed E-state index contributed by atoms with van der Waals surface area (Å²) >= 11 is 0. The molecular formula is C22H32N2O6. The Labute approximate surface area is 177 Å². The molecule has 1 fully saturated rings. The average molecular weight is 421 g/mol. The molecule has 1 aromatic carbocycles. The van der Waals surface area contributed by atoms with Crippen LogP contribution >= 0.6 is 0 Å². The van der Waals surface area contributed by atoms with Gasteiger partial charge in [0.05, 0.1) is 44.2 Å². The number of amides is 1. The molecule has 0 aliphatic carbocycles. The molecule has 0 aromatic heterocycles. The molecule has 8 heteroatoms. The predicted molar refractivity (Wildman–Crippen MR) is 112 cm³/mol. The van der Waals surface area contributed by atoms with Gasteiger partial charge in [-0.2, -0.15) is 0 Å². The van der Waals surface area contributed by atoms with E-state index in [0.29, 0.717) is 36.7 Å². The van der Waals surface area contributed by atoms with E-state index in [1.807, 2.05) is 6.07 Å². The van der Waals surface area contributed by atoms with Gasteiger partial charge in [0.1, 0.15) is 6.17 Å². The molecule has 0 radical (unpaired) electrons. The standard InChI is InChI=1S/C22H32N2O6/c1-3-29-21(26)10-5-4-6-11-30-19-13-17-16(12-18(19)28-2)22(27)24-15(14-25)8-7-9-20(24)23-17/h12-13,15,20,23,25H,3-11,14H2,1-2H3. The maximum absolute atomic E-state index is 13.1. The number of fused-ring (bicyclic) bond motifs is 2. The van der Waals surface area contributed by atoms with Gasteiger partial charge < -0.3 is 29.5 Å². The molecule has 0 spiro atoms. The summed E-state index contributed by atoms with van der Waals surface area (Å²) < 4.78 is 16.3. The maximum atomic E-state index is 13.1. The third kappa shape index (κ3) is 4.98. The van der Waals surface area contributed by atoms with Gasteiger partial charge in [-0.05, 0) is 51.5 Å². The van der Waals surface area contributed by atoms with Crippen LogP contribution in [0.15, 0.2) is 12.1 Å². The number of aliphatic hydroxyl groups is 1. The second kappa shape index (κ2) is 10.5. The van der Waals surface area contributed by atoms with Gasteiger partial charge in [-0.15, -0.1) is 0 Å². The van der Waals surface area contributed by atoms with E-state index >= 15 is 0 Å². The average Bonchev–Trinajstić information content (AvgIpc) is 2.75. The number of carbonyl (C=O) groups excluding carboxylic acids is 2. The van der Waals surface area contributed by atoms with E-state index in [4.69, 9.17) is 14.2 Å². The number of aliphatic hydroxyl groups excluding tert-OH is 1. The first-order chi connectivity index (χ1) is 14.6. The van der Waals surface area contributed by atoms with Gasteiger partial charge in [0.15, 0.2) is 11.5 Å². The minimum atomic E-state index is -0.161. The Morgan fingerprint density at radius 3 is 2.80 bits per heavy atom. The summed E-state index contributed by atoms with van der Waals surface area (Å²) in [6.07, 6.45) is 5.38. The van der Waals surface area contributed by atoms with Gasteiger partial charge >= 0.3 is 5.97 Å². The zero-order valence-electron chi connectivity index (χ0n) is 17.8. The Hall–Kier alpha value is -2.48. The molecule has 2 heterocycles. The number of piperidine rings is 1. The van der Waals surface area contributed by atoms with Crippen molar-refractivity contribution in [2.24, 2.45) is 0 Å². The largest absolute Gasteiger partial charge is 0.493 e. The number of hydrogen-bond acceptors (Lipinski definition) is 7. The monoisotopic (exact) mass is 420 g/mol. The summed E-state index contributed by atoms with van der Waals surface area (Å²) in [6.45, 7) is 2.68. The van der Waals surface area contributed by atoms with E-state index < -0.39 is 0 Å². The first kappa shape index (κ1) is 22.2. The zero-order chi connectivity index (χ0) is 21.5. The van der Waals surface area contributed by atoms with Gasteiger partial charge in [0.2, 0.25) is 0 Å². The Kier molecular flexibility index (Phi) is 7.79. The number of rotatable bonds is 10. The first-order valence-electron chi connectivity index (χ1n) is 10.8. The number of unbranched alkanes of at least 4 members (excludes halogenated alkanes) is 2. The molecule has 3 rings (SSSR count). The highest BCUT2D eigenvalue weighted by atomic mass is 16.5. The SMILES string of the molecule is CCOC(=O)CCCCCOc1cc2c(cc1OC)C(=O)N1C(CO)CCCC1N2. The lowest BCUT2D eigenvalue weighted by Gasteiger charge is -2.45. The summed E-state index contributed by atoms with van der Waals surface area (Å²) in [6, 6.07) is 3.37. The van der Waals surface area contributed by atoms with Crippen LogP contribution in [0.3, 0.4) is 0 Å². The molecular weight excluding hydrogens is 388 g/mol. The normalized spacial score (nSPS) is 20.1. The fourth-order valence-electron chi connectivity index (χ4n) is 4.12. The van der Waals surface area contributed by atoms with Gasteiger partial charge in [0.25, 0.3) is 5.91 Å². The summed E-state index contributed by atoms with van der Waals surface area (Å²) in [5.74, 6) is 0.846. The van der Waals surface area contributed by atoms with Crippen molar-refractivity contribution in [3.63, 3.8) is 0 Å². The van der Waals surface area contributed by atoms with Gasteiger partial charge in [-0.1, -0.05) is 0 Å². The van der Waals surface area contributed by atoms with E-state index in [0.717, 1.165) is 44.2 Å². The van der Waals surface area contributed by atoms with E-state index in [9.17, 15) is 14.7 Å². The van der Waals surface area contributed by atoms with E-state index in [-0.39, 0.29) is 30.7 Å².